The van der Waals surface area contributed by atoms with Crippen molar-refractivity contribution in [1.29, 1.82) is 0 Å². The summed E-state index contributed by atoms with van der Waals surface area (Å²) in [5.74, 6) is 0. The number of aryl methyl sites for hydroxylation is 4. The normalized spacial score (nSPS) is 12.8. The lowest BCUT2D eigenvalue weighted by Crippen LogP contribution is -2.25. The van der Waals surface area contributed by atoms with E-state index in [0.717, 1.165) is 46.4 Å². The number of rotatable bonds is 25. The minimum absolute atomic E-state index is 0.0203. The van der Waals surface area contributed by atoms with Gasteiger partial charge >= 0.3 is 0 Å². The number of hydrogen-bond acceptors (Lipinski definition) is 4. The quantitative estimate of drug-likeness (QED) is 0.0533. The summed E-state index contributed by atoms with van der Waals surface area (Å²) in [6, 6.07) is 55.8. The zero-order chi connectivity index (χ0) is 54.3. The van der Waals surface area contributed by atoms with Crippen LogP contribution in [0.3, 0.4) is 0 Å². The van der Waals surface area contributed by atoms with Crippen molar-refractivity contribution in [3.8, 4) is 65.0 Å². The van der Waals surface area contributed by atoms with Gasteiger partial charge in [-0.2, -0.15) is 0 Å². The fraction of sp³-hybridized carbons (Fsp3) is 0.360. The van der Waals surface area contributed by atoms with Crippen molar-refractivity contribution in [1.82, 2.24) is 9.97 Å². The second-order valence-corrected chi connectivity index (χ2v) is 25.4. The molecule has 0 saturated heterocycles. The first-order valence-electron chi connectivity index (χ1n) is 30.6. The molecule has 0 aliphatic heterocycles. The Morgan fingerprint density at radius 3 is 1.43 bits per heavy atom. The number of aromatic nitrogens is 2. The average Bonchev–Trinajstić information content (AvgIpc) is 4.02. The minimum Gasteiger partial charge on any atom is -0.243 e. The molecule has 7 aromatic carbocycles. The van der Waals surface area contributed by atoms with E-state index in [4.69, 9.17) is 9.97 Å². The third-order valence-electron chi connectivity index (χ3n) is 17.6. The summed E-state index contributed by atoms with van der Waals surface area (Å²) >= 11 is 3.91. The highest BCUT2D eigenvalue weighted by molar-refractivity contribution is 7.19. The largest absolute Gasteiger partial charge is 0.243 e. The molecule has 404 valence electrons. The molecule has 0 saturated carbocycles. The van der Waals surface area contributed by atoms with Crippen LogP contribution in [0.5, 0.6) is 0 Å². The fourth-order valence-corrected chi connectivity index (χ4v) is 15.6. The first-order valence-corrected chi connectivity index (χ1v) is 32.3. The maximum Gasteiger partial charge on any atom is 0.0988 e. The van der Waals surface area contributed by atoms with Crippen LogP contribution in [0.1, 0.15) is 176 Å². The Hall–Kier alpha value is -6.20. The fourth-order valence-electron chi connectivity index (χ4n) is 13.3. The number of benzene rings is 7. The Morgan fingerprint density at radius 1 is 0.392 bits per heavy atom. The summed E-state index contributed by atoms with van der Waals surface area (Å²) in [7, 11) is 0. The van der Waals surface area contributed by atoms with E-state index in [1.807, 2.05) is 22.7 Å². The molecular weight excluding hydrogens is 993 g/mol. The molecule has 3 aromatic heterocycles. The van der Waals surface area contributed by atoms with Gasteiger partial charge in [-0.05, 0) is 131 Å². The van der Waals surface area contributed by atoms with Crippen LogP contribution >= 0.6 is 22.7 Å². The molecule has 4 heteroatoms. The van der Waals surface area contributed by atoms with Crippen molar-refractivity contribution in [3.05, 3.63) is 178 Å². The highest BCUT2D eigenvalue weighted by Crippen LogP contribution is 2.56. The van der Waals surface area contributed by atoms with E-state index in [1.54, 1.807) is 11.1 Å². The summed E-state index contributed by atoms with van der Waals surface area (Å²) in [5, 5.41) is 4.78. The molecule has 0 bridgehead atoms. The maximum atomic E-state index is 6.07. The number of hydrogen-bond donors (Lipinski definition) is 0. The first kappa shape index (κ1) is 54.7. The standard InChI is InChI=1S/C75H82N2S2/c1-7-11-15-19-31-55-49-68(78-52(55)6)64-43-44-65(73-72(64)76-70(62-37-27-33-53-29-21-23-35-58(53)62)71(77-73)63-38-28-34-54-30-22-24-36-59(54)63)69-50-56(32-20-16-12-8-2)74(79-69)57-40-42-61-60-41-39-51(5)47-66(60)75(67(61)48-57,45-25-17-13-9-3)46-26-18-14-10-4/h21-24,27-30,33-44,47-50H,7-20,25-26,31-32,45-46H2,1-6H3. The molecule has 10 aromatic rings. The topological polar surface area (TPSA) is 25.8 Å². The molecule has 0 spiro atoms. The maximum absolute atomic E-state index is 6.07. The van der Waals surface area contributed by atoms with Gasteiger partial charge in [-0.3, -0.25) is 0 Å². The highest BCUT2D eigenvalue weighted by Gasteiger charge is 2.42. The third kappa shape index (κ3) is 11.2. The van der Waals surface area contributed by atoms with Crippen LogP contribution in [0.15, 0.2) is 146 Å². The third-order valence-corrected chi connectivity index (χ3v) is 20.0. The molecule has 0 unspecified atom stereocenters. The van der Waals surface area contributed by atoms with Crippen molar-refractivity contribution in [2.75, 3.05) is 0 Å². The molecule has 3 heterocycles. The number of fused-ring (bicyclic) bond motifs is 6. The number of unbranched alkanes of at least 4 members (excludes halogenated alkanes) is 12. The molecule has 0 atom stereocenters. The summed E-state index contributed by atoms with van der Waals surface area (Å²) in [6.45, 7) is 13.9. The second-order valence-electron chi connectivity index (χ2n) is 23.1. The number of nitrogens with zero attached hydrogens (tertiary/aromatic N) is 2. The van der Waals surface area contributed by atoms with E-state index in [2.05, 4.69) is 187 Å². The molecule has 1 aliphatic carbocycles. The van der Waals surface area contributed by atoms with Crippen LogP contribution in [0, 0.1) is 13.8 Å². The van der Waals surface area contributed by atoms with Gasteiger partial charge in [-0.1, -0.05) is 251 Å². The van der Waals surface area contributed by atoms with E-state index in [-0.39, 0.29) is 5.41 Å². The Labute approximate surface area is 480 Å². The Kier molecular flexibility index (Phi) is 17.4. The van der Waals surface area contributed by atoms with Gasteiger partial charge in [0.2, 0.25) is 0 Å². The van der Waals surface area contributed by atoms with E-state index < -0.39 is 0 Å². The molecular formula is C75H82N2S2. The zero-order valence-electron chi connectivity index (χ0n) is 48.2. The lowest BCUT2D eigenvalue weighted by molar-refractivity contribution is 0.401. The molecule has 11 rings (SSSR count). The molecule has 0 fully saturated rings. The van der Waals surface area contributed by atoms with Gasteiger partial charge in [-0.15, -0.1) is 22.7 Å². The van der Waals surface area contributed by atoms with Crippen molar-refractivity contribution in [3.63, 3.8) is 0 Å². The lowest BCUT2D eigenvalue weighted by atomic mass is 9.70. The van der Waals surface area contributed by atoms with Crippen LogP contribution in [0.4, 0.5) is 0 Å². The van der Waals surface area contributed by atoms with Gasteiger partial charge in [0, 0.05) is 47.2 Å². The molecule has 79 heavy (non-hydrogen) atoms. The van der Waals surface area contributed by atoms with Gasteiger partial charge in [0.1, 0.15) is 0 Å². The summed E-state index contributed by atoms with van der Waals surface area (Å²) < 4.78 is 0. The van der Waals surface area contributed by atoms with Crippen LogP contribution in [0.25, 0.3) is 97.5 Å². The van der Waals surface area contributed by atoms with Crippen LogP contribution in [-0.4, -0.2) is 9.97 Å². The van der Waals surface area contributed by atoms with E-state index in [9.17, 15) is 0 Å². The predicted molar refractivity (Wildman–Crippen MR) is 346 cm³/mol. The lowest BCUT2D eigenvalue weighted by Gasteiger charge is -2.33. The molecule has 1 aliphatic rings. The smallest absolute Gasteiger partial charge is 0.0988 e. The van der Waals surface area contributed by atoms with Crippen molar-refractivity contribution < 1.29 is 0 Å². The molecule has 0 amide bonds. The van der Waals surface area contributed by atoms with Crippen LogP contribution in [0.2, 0.25) is 0 Å². The van der Waals surface area contributed by atoms with Crippen molar-refractivity contribution in [2.45, 2.75) is 175 Å². The van der Waals surface area contributed by atoms with Crippen LogP contribution < -0.4 is 0 Å². The zero-order valence-corrected chi connectivity index (χ0v) is 49.8. The van der Waals surface area contributed by atoms with Gasteiger partial charge < -0.3 is 0 Å². The SMILES string of the molecule is CCCCCCc1cc(-c2ccc(-c3cc(CCCCCC)c(-c4ccc5c(c4)C(CCCCCC)(CCCCCC)c4cc(C)ccc4-5)s3)c3nc(-c4cccc5ccccc45)c(-c4cccc5ccccc45)nc23)sc1C. The van der Waals surface area contributed by atoms with E-state index in [0.29, 0.717) is 0 Å². The molecule has 0 radical (unpaired) electrons. The highest BCUT2D eigenvalue weighted by atomic mass is 32.1. The first-order chi connectivity index (χ1) is 38.8. The van der Waals surface area contributed by atoms with E-state index >= 15 is 0 Å². The Morgan fingerprint density at radius 2 is 0.861 bits per heavy atom. The molecule has 0 N–H and O–H groups in total. The van der Waals surface area contributed by atoms with Gasteiger partial charge in [0.25, 0.3) is 0 Å². The summed E-state index contributed by atoms with van der Waals surface area (Å²) in [5.41, 5.74) is 20.1. The van der Waals surface area contributed by atoms with E-state index in [1.165, 1.54) is 201 Å². The Bertz CT molecular complexity index is 3710. The molecule has 2 nitrogen and oxygen atoms in total. The van der Waals surface area contributed by atoms with Gasteiger partial charge in [0.05, 0.1) is 22.4 Å². The predicted octanol–water partition coefficient (Wildman–Crippen LogP) is 23.5. The summed E-state index contributed by atoms with van der Waals surface area (Å²) in [4.78, 5) is 17.5. The van der Waals surface area contributed by atoms with Crippen molar-refractivity contribution in [2.24, 2.45) is 0 Å². The van der Waals surface area contributed by atoms with Gasteiger partial charge in [0.15, 0.2) is 0 Å². The van der Waals surface area contributed by atoms with Crippen LogP contribution in [-0.2, 0) is 18.3 Å². The average molecular weight is 1080 g/mol. The summed E-state index contributed by atoms with van der Waals surface area (Å²) in [6.07, 6.45) is 24.8. The van der Waals surface area contributed by atoms with Gasteiger partial charge in [-0.25, -0.2) is 9.97 Å². The Balaban J connectivity index is 1.14. The van der Waals surface area contributed by atoms with Crippen molar-refractivity contribution >= 4 is 55.3 Å². The minimum atomic E-state index is 0.0203. The number of thiophene rings is 2. The monoisotopic (exact) mass is 1070 g/mol. The second kappa shape index (κ2) is 25.1.